The van der Waals surface area contributed by atoms with E-state index in [9.17, 15) is 9.59 Å². The van der Waals surface area contributed by atoms with Crippen LogP contribution in [0.25, 0.3) is 0 Å². The molecule has 0 radical (unpaired) electrons. The number of carbonyl (C=O) groups excluding carboxylic acids is 1. The second-order valence-electron chi connectivity index (χ2n) is 5.18. The Hall–Kier alpha value is -1.88. The Bertz CT molecular complexity index is 498. The van der Waals surface area contributed by atoms with Crippen LogP contribution in [0.1, 0.15) is 28.8 Å². The smallest absolute Gasteiger partial charge is 0.335 e. The summed E-state index contributed by atoms with van der Waals surface area (Å²) in [4.78, 5) is 24.6. The first kappa shape index (κ1) is 14.5. The summed E-state index contributed by atoms with van der Waals surface area (Å²) in [6.45, 7) is 0.886. The van der Waals surface area contributed by atoms with E-state index in [1.165, 1.54) is 0 Å². The predicted molar refractivity (Wildman–Crippen MR) is 75.8 cm³/mol. The molecule has 108 valence electrons. The van der Waals surface area contributed by atoms with Crippen LogP contribution in [0.5, 0.6) is 0 Å². The third-order valence-electron chi connectivity index (χ3n) is 3.51. The van der Waals surface area contributed by atoms with E-state index < -0.39 is 5.97 Å². The maximum atomic E-state index is 11.9. The molecule has 0 spiro atoms. The van der Waals surface area contributed by atoms with Crippen LogP contribution in [-0.4, -0.2) is 48.1 Å². The number of hydrogen-bond donors (Lipinski definition) is 2. The van der Waals surface area contributed by atoms with E-state index in [-0.39, 0.29) is 5.91 Å². The molecule has 20 heavy (non-hydrogen) atoms. The van der Waals surface area contributed by atoms with Gasteiger partial charge in [0.25, 0.3) is 0 Å². The molecule has 1 fully saturated rings. The van der Waals surface area contributed by atoms with E-state index in [0.29, 0.717) is 31.1 Å². The molecule has 0 unspecified atom stereocenters. The van der Waals surface area contributed by atoms with Crippen LogP contribution in [0.4, 0.5) is 0 Å². The number of aromatic carboxylic acids is 1. The number of rotatable bonds is 7. The van der Waals surface area contributed by atoms with Gasteiger partial charge in [0.2, 0.25) is 5.91 Å². The van der Waals surface area contributed by atoms with Gasteiger partial charge in [0.15, 0.2) is 0 Å². The normalized spacial score (nSPS) is 14.1. The molecule has 0 heterocycles. The van der Waals surface area contributed by atoms with Crippen molar-refractivity contribution in [1.29, 1.82) is 0 Å². The summed E-state index contributed by atoms with van der Waals surface area (Å²) in [5.41, 5.74) is 1.07. The standard InChI is InChI=1S/C15H20N2O3/c1-17(14(18)10-16-12-6-7-12)9-8-11-4-2-3-5-13(11)15(19)20/h2-5,12,16H,6-10H2,1H3,(H,19,20). The Balaban J connectivity index is 1.84. The van der Waals surface area contributed by atoms with E-state index in [0.717, 1.165) is 18.4 Å². The number of carboxylic acid groups (broad SMARTS) is 1. The summed E-state index contributed by atoms with van der Waals surface area (Å²) >= 11 is 0. The minimum atomic E-state index is -0.926. The molecule has 1 aromatic carbocycles. The fraction of sp³-hybridized carbons (Fsp3) is 0.467. The Labute approximate surface area is 118 Å². The highest BCUT2D eigenvalue weighted by atomic mass is 16.4. The summed E-state index contributed by atoms with van der Waals surface area (Å²) in [7, 11) is 1.75. The van der Waals surface area contributed by atoms with Crippen LogP contribution < -0.4 is 5.32 Å². The number of carbonyl (C=O) groups is 2. The van der Waals surface area contributed by atoms with Crippen molar-refractivity contribution in [1.82, 2.24) is 10.2 Å². The molecular formula is C15H20N2O3. The minimum absolute atomic E-state index is 0.0460. The van der Waals surface area contributed by atoms with Crippen molar-refractivity contribution in [2.75, 3.05) is 20.1 Å². The lowest BCUT2D eigenvalue weighted by atomic mass is 10.0. The second-order valence-corrected chi connectivity index (χ2v) is 5.18. The third kappa shape index (κ3) is 4.06. The summed E-state index contributed by atoms with van der Waals surface area (Å²) in [6.07, 6.45) is 2.86. The monoisotopic (exact) mass is 276 g/mol. The van der Waals surface area contributed by atoms with Gasteiger partial charge in [-0.15, -0.1) is 0 Å². The number of hydrogen-bond acceptors (Lipinski definition) is 3. The Morgan fingerprint density at radius 1 is 1.35 bits per heavy atom. The maximum Gasteiger partial charge on any atom is 0.335 e. The SMILES string of the molecule is CN(CCc1ccccc1C(=O)O)C(=O)CNC1CC1. The molecule has 1 aromatic rings. The zero-order valence-corrected chi connectivity index (χ0v) is 11.6. The van der Waals surface area contributed by atoms with Crippen LogP contribution in [-0.2, 0) is 11.2 Å². The number of nitrogens with one attached hydrogen (secondary N) is 1. The summed E-state index contributed by atoms with van der Waals surface area (Å²) in [5.74, 6) is -0.880. The van der Waals surface area contributed by atoms with Gasteiger partial charge in [-0.25, -0.2) is 4.79 Å². The predicted octanol–water partition coefficient (Wildman–Crippen LogP) is 1.14. The van der Waals surface area contributed by atoms with E-state index in [1.807, 2.05) is 6.07 Å². The van der Waals surface area contributed by atoms with Crippen LogP contribution in [0.3, 0.4) is 0 Å². The van der Waals surface area contributed by atoms with Gasteiger partial charge >= 0.3 is 5.97 Å². The largest absolute Gasteiger partial charge is 0.478 e. The second kappa shape index (κ2) is 6.52. The molecule has 0 saturated heterocycles. The molecular weight excluding hydrogens is 256 g/mol. The average molecular weight is 276 g/mol. The van der Waals surface area contributed by atoms with Crippen LogP contribution in [0.2, 0.25) is 0 Å². The molecule has 0 aliphatic heterocycles. The zero-order chi connectivity index (χ0) is 14.5. The van der Waals surface area contributed by atoms with Crippen molar-refractivity contribution in [3.05, 3.63) is 35.4 Å². The van der Waals surface area contributed by atoms with Gasteiger partial charge in [0, 0.05) is 19.6 Å². The lowest BCUT2D eigenvalue weighted by Gasteiger charge is -2.18. The van der Waals surface area contributed by atoms with E-state index in [1.54, 1.807) is 30.1 Å². The fourth-order valence-corrected chi connectivity index (χ4v) is 2.01. The molecule has 0 bridgehead atoms. The first-order valence-corrected chi connectivity index (χ1v) is 6.86. The first-order valence-electron chi connectivity index (χ1n) is 6.86. The molecule has 2 N–H and O–H groups in total. The quantitative estimate of drug-likeness (QED) is 0.783. The van der Waals surface area contributed by atoms with Gasteiger partial charge in [0.1, 0.15) is 0 Å². The average Bonchev–Trinajstić information content (AvgIpc) is 3.26. The summed E-state index contributed by atoms with van der Waals surface area (Å²) in [6, 6.07) is 7.43. The maximum absolute atomic E-state index is 11.9. The molecule has 5 heteroatoms. The van der Waals surface area contributed by atoms with Crippen LogP contribution >= 0.6 is 0 Å². The highest BCUT2D eigenvalue weighted by Gasteiger charge is 2.22. The molecule has 1 saturated carbocycles. The van der Waals surface area contributed by atoms with E-state index in [4.69, 9.17) is 5.11 Å². The lowest BCUT2D eigenvalue weighted by molar-refractivity contribution is -0.128. The third-order valence-corrected chi connectivity index (χ3v) is 3.51. The van der Waals surface area contributed by atoms with Crippen LogP contribution in [0, 0.1) is 0 Å². The molecule has 1 amide bonds. The van der Waals surface area contributed by atoms with Gasteiger partial charge in [-0.2, -0.15) is 0 Å². The van der Waals surface area contributed by atoms with Gasteiger partial charge in [0.05, 0.1) is 12.1 Å². The lowest BCUT2D eigenvalue weighted by Crippen LogP contribution is -2.37. The van der Waals surface area contributed by atoms with E-state index >= 15 is 0 Å². The van der Waals surface area contributed by atoms with Crippen molar-refractivity contribution >= 4 is 11.9 Å². The number of likely N-dealkylation sites (N-methyl/N-ethyl adjacent to an activating group) is 1. The van der Waals surface area contributed by atoms with Crippen molar-refractivity contribution in [2.45, 2.75) is 25.3 Å². The Morgan fingerprint density at radius 3 is 2.70 bits per heavy atom. The number of benzene rings is 1. The van der Waals surface area contributed by atoms with Gasteiger partial charge in [-0.1, -0.05) is 18.2 Å². The summed E-state index contributed by atoms with van der Waals surface area (Å²) in [5, 5.41) is 12.3. The Morgan fingerprint density at radius 2 is 2.05 bits per heavy atom. The molecule has 1 aliphatic carbocycles. The first-order chi connectivity index (χ1) is 9.58. The highest BCUT2D eigenvalue weighted by Crippen LogP contribution is 2.18. The van der Waals surface area contributed by atoms with Crippen molar-refractivity contribution in [3.8, 4) is 0 Å². The number of nitrogens with zero attached hydrogens (tertiary/aromatic N) is 1. The Kier molecular flexibility index (Phi) is 4.74. The van der Waals surface area contributed by atoms with Gasteiger partial charge in [-0.3, -0.25) is 4.79 Å². The van der Waals surface area contributed by atoms with E-state index in [2.05, 4.69) is 5.32 Å². The van der Waals surface area contributed by atoms with Crippen molar-refractivity contribution in [3.63, 3.8) is 0 Å². The molecule has 2 rings (SSSR count). The zero-order valence-electron chi connectivity index (χ0n) is 11.6. The van der Waals surface area contributed by atoms with Gasteiger partial charge in [-0.05, 0) is 30.9 Å². The van der Waals surface area contributed by atoms with Crippen molar-refractivity contribution < 1.29 is 14.7 Å². The molecule has 0 atom stereocenters. The van der Waals surface area contributed by atoms with Gasteiger partial charge < -0.3 is 15.3 Å². The summed E-state index contributed by atoms with van der Waals surface area (Å²) < 4.78 is 0. The highest BCUT2D eigenvalue weighted by molar-refractivity contribution is 5.89. The minimum Gasteiger partial charge on any atom is -0.478 e. The topological polar surface area (TPSA) is 69.6 Å². The number of amides is 1. The molecule has 0 aromatic heterocycles. The van der Waals surface area contributed by atoms with Crippen molar-refractivity contribution in [2.24, 2.45) is 0 Å². The molecule has 1 aliphatic rings. The molecule has 5 nitrogen and oxygen atoms in total. The van der Waals surface area contributed by atoms with Crippen LogP contribution in [0.15, 0.2) is 24.3 Å². The fourth-order valence-electron chi connectivity index (χ4n) is 2.01. The number of carboxylic acids is 1.